The first-order chi connectivity index (χ1) is 17.7. The molecule has 0 radical (unpaired) electrons. The normalized spacial score (nSPS) is 17.1. The Hall–Kier alpha value is -2.98. The Morgan fingerprint density at radius 2 is 1.73 bits per heavy atom. The van der Waals surface area contributed by atoms with Gasteiger partial charge in [0.25, 0.3) is 0 Å². The van der Waals surface area contributed by atoms with Crippen molar-refractivity contribution in [2.45, 2.75) is 67.7 Å². The van der Waals surface area contributed by atoms with Crippen LogP contribution in [0.4, 0.5) is 5.69 Å². The van der Waals surface area contributed by atoms with Gasteiger partial charge in [-0.2, -0.15) is 0 Å². The highest BCUT2D eigenvalue weighted by Gasteiger charge is 2.26. The zero-order valence-electron chi connectivity index (χ0n) is 24.0. The van der Waals surface area contributed by atoms with Crippen LogP contribution in [-0.2, 0) is 4.74 Å². The van der Waals surface area contributed by atoms with Gasteiger partial charge in [-0.15, -0.1) is 0 Å². The quantitative estimate of drug-likeness (QED) is 0.164. The number of nitrogens with zero attached hydrogens (tertiary/aromatic N) is 2. The van der Waals surface area contributed by atoms with Gasteiger partial charge < -0.3 is 9.64 Å². The molecule has 0 fully saturated rings. The van der Waals surface area contributed by atoms with Crippen LogP contribution < -0.4 is 0 Å². The van der Waals surface area contributed by atoms with Gasteiger partial charge in [0.2, 0.25) is 0 Å². The molecule has 0 heterocycles. The van der Waals surface area contributed by atoms with E-state index in [1.165, 1.54) is 36.0 Å². The van der Waals surface area contributed by atoms with Crippen LogP contribution >= 0.6 is 0 Å². The molecule has 4 nitrogen and oxygen atoms in total. The Kier molecular flexibility index (Phi) is 12.5. The summed E-state index contributed by atoms with van der Waals surface area (Å²) < 4.78 is 5.38. The summed E-state index contributed by atoms with van der Waals surface area (Å²) in [6, 6.07) is 7.19. The number of carbonyl (C=O) groups excluding carboxylic acids is 1. The molecule has 0 bridgehead atoms. The fourth-order valence-corrected chi connectivity index (χ4v) is 4.50. The third-order valence-electron chi connectivity index (χ3n) is 6.97. The molecule has 0 unspecified atom stereocenters. The Bertz CT molecular complexity index is 1060. The van der Waals surface area contributed by atoms with Gasteiger partial charge in [-0.05, 0) is 100 Å². The Balaban J connectivity index is 1.87. The molecule has 200 valence electrons. The zero-order chi connectivity index (χ0) is 27.3. The highest BCUT2D eigenvalue weighted by Crippen LogP contribution is 2.40. The topological polar surface area (TPSA) is 41.9 Å². The van der Waals surface area contributed by atoms with Crippen LogP contribution in [0, 0.1) is 5.41 Å². The first kappa shape index (κ1) is 30.2. The summed E-state index contributed by atoms with van der Waals surface area (Å²) >= 11 is 0. The third kappa shape index (κ3) is 10.5. The molecule has 37 heavy (non-hydrogen) atoms. The fraction of sp³-hybridized carbons (Fsp3) is 0.455. The lowest BCUT2D eigenvalue weighted by Crippen LogP contribution is -2.27. The van der Waals surface area contributed by atoms with Crippen molar-refractivity contribution in [2.75, 3.05) is 26.2 Å². The van der Waals surface area contributed by atoms with Gasteiger partial charge in [0.15, 0.2) is 0 Å². The van der Waals surface area contributed by atoms with Gasteiger partial charge in [-0.3, -0.25) is 4.99 Å². The molecule has 0 spiro atoms. The predicted octanol–water partition coefficient (Wildman–Crippen LogP) is 8.42. The van der Waals surface area contributed by atoms with Crippen molar-refractivity contribution in [1.82, 2.24) is 4.90 Å². The molecule has 1 aliphatic rings. The molecule has 0 amide bonds. The molecule has 0 N–H and O–H groups in total. The molecule has 0 saturated heterocycles. The molecular weight excluding hydrogens is 456 g/mol. The Morgan fingerprint density at radius 1 is 1.05 bits per heavy atom. The predicted molar refractivity (Wildman–Crippen MR) is 159 cm³/mol. The minimum atomic E-state index is -0.295. The minimum absolute atomic E-state index is 0.266. The highest BCUT2D eigenvalue weighted by atomic mass is 16.5. The van der Waals surface area contributed by atoms with Crippen LogP contribution in [0.15, 0.2) is 88.0 Å². The van der Waals surface area contributed by atoms with Gasteiger partial charge >= 0.3 is 5.97 Å². The summed E-state index contributed by atoms with van der Waals surface area (Å²) in [6.07, 6.45) is 18.3. The van der Waals surface area contributed by atoms with Crippen molar-refractivity contribution in [3.8, 4) is 0 Å². The second kappa shape index (κ2) is 15.3. The minimum Gasteiger partial charge on any atom is -0.461 e. The SMILES string of the molecule is CCN(CC)CCOC(=O)c1ccc(N=C/C=C(C)/C=C/C=C(C)/C=C/C2=C(C)CCCC2(C)C)cc1. The average molecular weight is 503 g/mol. The number of esters is 1. The maximum atomic E-state index is 12.2. The van der Waals surface area contributed by atoms with E-state index in [-0.39, 0.29) is 11.4 Å². The standard InChI is InChI=1S/C33H46N2O2/c1-8-35(9-2)24-25-37-32(36)29-16-18-30(19-17-29)34-23-21-27(4)13-10-12-26(3)15-20-31-28(5)14-11-22-33(31,6)7/h10,12-13,15-21,23H,8-9,11,14,22,24-25H2,1-7H3/b13-10+,20-15+,26-12+,27-21+,34-23?. The molecule has 4 heteroatoms. The Morgan fingerprint density at radius 3 is 2.38 bits per heavy atom. The van der Waals surface area contributed by atoms with Crippen LogP contribution in [0.1, 0.15) is 78.1 Å². The second-order valence-corrected chi connectivity index (χ2v) is 10.4. The first-order valence-electron chi connectivity index (χ1n) is 13.6. The number of allylic oxidation sites excluding steroid dienone is 10. The van der Waals surface area contributed by atoms with Crippen LogP contribution in [-0.4, -0.2) is 43.3 Å². The molecule has 0 aromatic heterocycles. The lowest BCUT2D eigenvalue weighted by molar-refractivity contribution is 0.0466. The lowest BCUT2D eigenvalue weighted by Gasteiger charge is -2.32. The molecule has 2 rings (SSSR count). The van der Waals surface area contributed by atoms with Gasteiger partial charge in [0.05, 0.1) is 11.3 Å². The number of rotatable bonds is 12. The van der Waals surface area contributed by atoms with E-state index in [4.69, 9.17) is 4.74 Å². The monoisotopic (exact) mass is 502 g/mol. The smallest absolute Gasteiger partial charge is 0.338 e. The summed E-state index contributed by atoms with van der Waals surface area (Å²) in [5.41, 5.74) is 6.95. The number of ether oxygens (including phenoxy) is 1. The van der Waals surface area contributed by atoms with E-state index in [9.17, 15) is 4.79 Å². The van der Waals surface area contributed by atoms with E-state index in [0.29, 0.717) is 12.2 Å². The summed E-state index contributed by atoms with van der Waals surface area (Å²) in [5.74, 6) is -0.295. The summed E-state index contributed by atoms with van der Waals surface area (Å²) in [5, 5.41) is 0. The van der Waals surface area contributed by atoms with Crippen molar-refractivity contribution in [2.24, 2.45) is 10.4 Å². The fourth-order valence-electron chi connectivity index (χ4n) is 4.50. The van der Waals surface area contributed by atoms with E-state index in [2.05, 4.69) is 88.7 Å². The largest absolute Gasteiger partial charge is 0.461 e. The molecule has 0 saturated carbocycles. The lowest BCUT2D eigenvalue weighted by atomic mass is 9.72. The summed E-state index contributed by atoms with van der Waals surface area (Å²) in [6.45, 7) is 18.4. The zero-order valence-corrected chi connectivity index (χ0v) is 24.0. The number of likely N-dealkylation sites (N-methyl/N-ethyl adjacent to an activating group) is 1. The molecule has 0 atom stereocenters. The van der Waals surface area contributed by atoms with E-state index >= 15 is 0 Å². The molecule has 1 aromatic carbocycles. The van der Waals surface area contributed by atoms with Crippen LogP contribution in [0.2, 0.25) is 0 Å². The maximum absolute atomic E-state index is 12.2. The van der Waals surface area contributed by atoms with E-state index in [1.807, 2.05) is 18.2 Å². The molecular formula is C33H46N2O2. The number of hydrogen-bond acceptors (Lipinski definition) is 4. The van der Waals surface area contributed by atoms with Crippen LogP contribution in [0.5, 0.6) is 0 Å². The second-order valence-electron chi connectivity index (χ2n) is 10.4. The average Bonchev–Trinajstić information content (AvgIpc) is 2.86. The maximum Gasteiger partial charge on any atom is 0.338 e. The van der Waals surface area contributed by atoms with Gasteiger partial charge in [-0.25, -0.2) is 4.79 Å². The van der Waals surface area contributed by atoms with Crippen molar-refractivity contribution in [3.63, 3.8) is 0 Å². The highest BCUT2D eigenvalue weighted by molar-refractivity contribution is 5.89. The first-order valence-corrected chi connectivity index (χ1v) is 13.6. The number of hydrogen-bond donors (Lipinski definition) is 0. The molecule has 1 aromatic rings. The molecule has 0 aliphatic heterocycles. The van der Waals surface area contributed by atoms with Gasteiger partial charge in [-0.1, -0.05) is 69.2 Å². The third-order valence-corrected chi connectivity index (χ3v) is 6.97. The number of carbonyl (C=O) groups is 1. The van der Waals surface area contributed by atoms with E-state index < -0.39 is 0 Å². The summed E-state index contributed by atoms with van der Waals surface area (Å²) in [4.78, 5) is 18.9. The van der Waals surface area contributed by atoms with E-state index in [0.717, 1.165) is 30.9 Å². The van der Waals surface area contributed by atoms with Crippen molar-refractivity contribution < 1.29 is 9.53 Å². The van der Waals surface area contributed by atoms with Crippen molar-refractivity contribution in [1.29, 1.82) is 0 Å². The Labute approximate surface area is 225 Å². The van der Waals surface area contributed by atoms with Gasteiger partial charge in [0.1, 0.15) is 6.61 Å². The van der Waals surface area contributed by atoms with Crippen molar-refractivity contribution >= 4 is 17.9 Å². The number of benzene rings is 1. The van der Waals surface area contributed by atoms with Crippen LogP contribution in [0.3, 0.4) is 0 Å². The van der Waals surface area contributed by atoms with Crippen LogP contribution in [0.25, 0.3) is 0 Å². The van der Waals surface area contributed by atoms with Gasteiger partial charge in [0, 0.05) is 12.8 Å². The van der Waals surface area contributed by atoms with E-state index in [1.54, 1.807) is 18.3 Å². The number of aliphatic imine (C=N–C) groups is 1. The van der Waals surface area contributed by atoms with Crippen molar-refractivity contribution in [3.05, 3.63) is 88.6 Å². The molecule has 1 aliphatic carbocycles. The summed E-state index contributed by atoms with van der Waals surface area (Å²) in [7, 11) is 0.